The fourth-order valence-corrected chi connectivity index (χ4v) is 8.16. The molecule has 4 heteroatoms. The van der Waals surface area contributed by atoms with Crippen LogP contribution in [0.2, 0.25) is 0 Å². The van der Waals surface area contributed by atoms with Crippen molar-refractivity contribution in [1.82, 2.24) is 9.13 Å². The number of hydrogen-bond donors (Lipinski definition) is 0. The third-order valence-corrected chi connectivity index (χ3v) is 10.6. The van der Waals surface area contributed by atoms with E-state index in [-0.39, 0.29) is 0 Å². The van der Waals surface area contributed by atoms with E-state index in [1.54, 1.807) is 6.07 Å². The molecular weight excluding hydrogens is 657 g/mol. The second-order valence-electron chi connectivity index (χ2n) is 13.5. The topological polar surface area (TPSA) is 38.0 Å². The lowest BCUT2D eigenvalue weighted by Gasteiger charge is -2.16. The van der Waals surface area contributed by atoms with Crippen molar-refractivity contribution in [2.24, 2.45) is 0 Å². The maximum absolute atomic E-state index is 10.1. The molecule has 0 aliphatic carbocycles. The molecule has 0 aliphatic rings. The summed E-state index contributed by atoms with van der Waals surface area (Å²) in [5, 5.41) is 14.6. The molecule has 0 radical (unpaired) electrons. The average molecular weight is 687 g/mol. The molecular formula is C50H30N4. The highest BCUT2D eigenvalue weighted by Crippen LogP contribution is 2.45. The predicted octanol–water partition coefficient (Wildman–Crippen LogP) is 13.3. The van der Waals surface area contributed by atoms with Crippen LogP contribution < -0.4 is 0 Å². The Hall–Kier alpha value is -7.66. The summed E-state index contributed by atoms with van der Waals surface area (Å²) < 4.78 is 4.65. The Bertz CT molecular complexity index is 3060. The maximum Gasteiger partial charge on any atom is 0.212 e. The number of para-hydroxylation sites is 3. The van der Waals surface area contributed by atoms with Crippen LogP contribution in [0.4, 0.5) is 5.69 Å². The van der Waals surface area contributed by atoms with E-state index in [9.17, 15) is 5.26 Å². The molecule has 0 atom stereocenters. The van der Waals surface area contributed by atoms with Gasteiger partial charge in [0.1, 0.15) is 0 Å². The second kappa shape index (κ2) is 12.5. The molecule has 0 amide bonds. The molecule has 250 valence electrons. The highest BCUT2D eigenvalue weighted by Gasteiger charge is 2.23. The standard InChI is InChI=1S/C50H30N4/c1-52-49-37(32-51)18-13-22-41(49)45-31-39(30-44-40-21-11-12-23-46(40)54(50(44)45)38-19-9-4-10-20-38)53-47-26-24-35(33-14-5-2-6-15-33)28-42(47)43-29-36(25-27-48(43)53)34-16-7-3-8-17-34/h2-31H. The van der Waals surface area contributed by atoms with E-state index < -0.39 is 0 Å². The number of fused-ring (bicyclic) bond motifs is 6. The van der Waals surface area contributed by atoms with Crippen molar-refractivity contribution in [3.05, 3.63) is 199 Å². The lowest BCUT2D eigenvalue weighted by molar-refractivity contribution is 1.17. The molecule has 2 heterocycles. The molecule has 0 bridgehead atoms. The van der Waals surface area contributed by atoms with Crippen LogP contribution in [0.25, 0.3) is 93.2 Å². The Kier molecular flexibility index (Phi) is 7.22. The Balaban J connectivity index is 1.35. The summed E-state index contributed by atoms with van der Waals surface area (Å²) in [4.78, 5) is 3.96. The second-order valence-corrected chi connectivity index (χ2v) is 13.5. The Morgan fingerprint density at radius 3 is 1.61 bits per heavy atom. The first kappa shape index (κ1) is 31.1. The van der Waals surface area contributed by atoms with Crippen LogP contribution in [0.5, 0.6) is 0 Å². The van der Waals surface area contributed by atoms with E-state index in [4.69, 9.17) is 6.57 Å². The van der Waals surface area contributed by atoms with Gasteiger partial charge in [-0.25, -0.2) is 4.85 Å². The highest BCUT2D eigenvalue weighted by molar-refractivity contribution is 6.17. The molecule has 10 aromatic rings. The summed E-state index contributed by atoms with van der Waals surface area (Å²) in [5.74, 6) is 0. The molecule has 8 aromatic carbocycles. The van der Waals surface area contributed by atoms with Gasteiger partial charge in [0.2, 0.25) is 5.69 Å². The maximum atomic E-state index is 10.1. The zero-order chi connectivity index (χ0) is 36.2. The largest absolute Gasteiger partial charge is 0.309 e. The first-order chi connectivity index (χ1) is 26.7. The van der Waals surface area contributed by atoms with Crippen molar-refractivity contribution in [2.75, 3.05) is 0 Å². The van der Waals surface area contributed by atoms with Gasteiger partial charge < -0.3 is 9.13 Å². The zero-order valence-electron chi connectivity index (χ0n) is 29.1. The summed E-state index contributed by atoms with van der Waals surface area (Å²) in [5.41, 5.74) is 13.2. The molecule has 0 saturated heterocycles. The van der Waals surface area contributed by atoms with E-state index in [2.05, 4.69) is 166 Å². The lowest BCUT2D eigenvalue weighted by Crippen LogP contribution is -1.99. The van der Waals surface area contributed by atoms with E-state index in [1.165, 1.54) is 11.1 Å². The van der Waals surface area contributed by atoms with Crippen LogP contribution in [-0.4, -0.2) is 9.13 Å². The molecule has 2 aromatic heterocycles. The van der Waals surface area contributed by atoms with Gasteiger partial charge in [-0.1, -0.05) is 127 Å². The molecule has 4 nitrogen and oxygen atoms in total. The minimum atomic E-state index is 0.352. The summed E-state index contributed by atoms with van der Waals surface area (Å²) in [6, 6.07) is 65.8. The number of nitriles is 1. The minimum absolute atomic E-state index is 0.352. The van der Waals surface area contributed by atoms with Gasteiger partial charge in [-0.3, -0.25) is 0 Å². The Morgan fingerprint density at radius 1 is 0.426 bits per heavy atom. The summed E-state index contributed by atoms with van der Waals surface area (Å²) in [6.07, 6.45) is 0. The molecule has 0 spiro atoms. The van der Waals surface area contributed by atoms with E-state index >= 15 is 0 Å². The van der Waals surface area contributed by atoms with Crippen molar-refractivity contribution in [3.63, 3.8) is 0 Å². The average Bonchev–Trinajstić information content (AvgIpc) is 3.76. The van der Waals surface area contributed by atoms with E-state index in [0.717, 1.165) is 77.2 Å². The van der Waals surface area contributed by atoms with E-state index in [0.29, 0.717) is 11.3 Å². The minimum Gasteiger partial charge on any atom is -0.309 e. The normalized spacial score (nSPS) is 11.3. The van der Waals surface area contributed by atoms with Gasteiger partial charge in [0.05, 0.1) is 40.3 Å². The SMILES string of the molecule is [C-]#[N+]c1c(C#N)cccc1-c1cc(-n2c3ccc(-c4ccccc4)cc3c3cc(-c4ccccc4)ccc32)cc2c3ccccc3n(-c3ccccc3)c12. The molecule has 0 aliphatic heterocycles. The lowest BCUT2D eigenvalue weighted by atomic mass is 9.97. The molecule has 0 saturated carbocycles. The molecule has 10 rings (SSSR count). The number of hydrogen-bond acceptors (Lipinski definition) is 1. The number of aromatic nitrogens is 2. The van der Waals surface area contributed by atoms with Crippen LogP contribution in [0.3, 0.4) is 0 Å². The van der Waals surface area contributed by atoms with Crippen molar-refractivity contribution < 1.29 is 0 Å². The number of nitrogens with zero attached hydrogens (tertiary/aromatic N) is 4. The van der Waals surface area contributed by atoms with Gasteiger partial charge in [-0.15, -0.1) is 0 Å². The van der Waals surface area contributed by atoms with Crippen molar-refractivity contribution in [1.29, 1.82) is 5.26 Å². The predicted molar refractivity (Wildman–Crippen MR) is 222 cm³/mol. The number of rotatable bonds is 5. The van der Waals surface area contributed by atoms with Crippen LogP contribution in [0, 0.1) is 17.9 Å². The van der Waals surface area contributed by atoms with Gasteiger partial charge in [0.25, 0.3) is 0 Å². The van der Waals surface area contributed by atoms with Crippen molar-refractivity contribution >= 4 is 49.3 Å². The third-order valence-electron chi connectivity index (χ3n) is 10.6. The Morgan fingerprint density at radius 2 is 1.00 bits per heavy atom. The summed E-state index contributed by atoms with van der Waals surface area (Å²) in [6.45, 7) is 8.26. The van der Waals surface area contributed by atoms with Gasteiger partial charge in [0, 0.05) is 32.9 Å². The van der Waals surface area contributed by atoms with Crippen LogP contribution >= 0.6 is 0 Å². The van der Waals surface area contributed by atoms with Crippen molar-refractivity contribution in [3.8, 4) is 50.8 Å². The van der Waals surface area contributed by atoms with Crippen LogP contribution in [0.15, 0.2) is 182 Å². The first-order valence-corrected chi connectivity index (χ1v) is 17.9. The van der Waals surface area contributed by atoms with Crippen molar-refractivity contribution in [2.45, 2.75) is 0 Å². The Labute approximate surface area is 312 Å². The molecule has 0 fully saturated rings. The van der Waals surface area contributed by atoms with E-state index in [1.807, 2.05) is 30.3 Å². The summed E-state index contributed by atoms with van der Waals surface area (Å²) >= 11 is 0. The van der Waals surface area contributed by atoms with Crippen LogP contribution in [-0.2, 0) is 0 Å². The van der Waals surface area contributed by atoms with Gasteiger partial charge >= 0.3 is 0 Å². The molecule has 0 unspecified atom stereocenters. The fraction of sp³-hybridized carbons (Fsp3) is 0. The smallest absolute Gasteiger partial charge is 0.212 e. The summed E-state index contributed by atoms with van der Waals surface area (Å²) in [7, 11) is 0. The quantitative estimate of drug-likeness (QED) is 0.166. The highest BCUT2D eigenvalue weighted by atomic mass is 15.0. The monoisotopic (exact) mass is 686 g/mol. The first-order valence-electron chi connectivity index (χ1n) is 17.9. The molecule has 54 heavy (non-hydrogen) atoms. The zero-order valence-corrected chi connectivity index (χ0v) is 29.1. The van der Waals surface area contributed by atoms with Gasteiger partial charge in [-0.2, -0.15) is 5.26 Å². The third kappa shape index (κ3) is 4.83. The fourth-order valence-electron chi connectivity index (χ4n) is 8.16. The van der Waals surface area contributed by atoms with Crippen LogP contribution in [0.1, 0.15) is 5.56 Å². The molecule has 0 N–H and O–H groups in total. The van der Waals surface area contributed by atoms with Gasteiger partial charge in [-0.05, 0) is 88.0 Å². The number of benzene rings is 8. The van der Waals surface area contributed by atoms with Gasteiger partial charge in [0.15, 0.2) is 0 Å².